The highest BCUT2D eigenvalue weighted by molar-refractivity contribution is 6.01. The van der Waals surface area contributed by atoms with Crippen LogP contribution in [0.5, 0.6) is 0 Å². The lowest BCUT2D eigenvalue weighted by Gasteiger charge is -2.10. The first-order valence-corrected chi connectivity index (χ1v) is 6.50. The van der Waals surface area contributed by atoms with E-state index in [2.05, 4.69) is 5.32 Å². The van der Waals surface area contributed by atoms with E-state index in [1.54, 1.807) is 18.2 Å². The molecule has 1 amide bonds. The number of hydrogen-bond donors (Lipinski definition) is 1. The molecule has 1 aromatic carbocycles. The summed E-state index contributed by atoms with van der Waals surface area (Å²) in [4.78, 5) is 11.9. The summed E-state index contributed by atoms with van der Waals surface area (Å²) in [6.07, 6.45) is -2.24. The van der Waals surface area contributed by atoms with Gasteiger partial charge in [0.25, 0.3) is 5.91 Å². The molecule has 0 saturated heterocycles. The van der Waals surface area contributed by atoms with Crippen molar-refractivity contribution in [3.8, 4) is 6.07 Å². The predicted octanol–water partition coefficient (Wildman–Crippen LogP) is 3.52. The molecule has 0 bridgehead atoms. The van der Waals surface area contributed by atoms with Crippen LogP contribution in [0.15, 0.2) is 52.7 Å². The number of carbonyl (C=O) groups excluding carboxylic acids is 1. The SMILES string of the molecule is N#C/C(=C\c1ccccc1C(F)(F)F)C(=O)NCc1ccco1. The van der Waals surface area contributed by atoms with Crippen LogP contribution in [0.2, 0.25) is 0 Å². The number of carbonyl (C=O) groups is 1. The quantitative estimate of drug-likeness (QED) is 0.692. The Labute approximate surface area is 129 Å². The molecule has 1 N–H and O–H groups in total. The van der Waals surface area contributed by atoms with E-state index in [1.807, 2.05) is 0 Å². The molecule has 23 heavy (non-hydrogen) atoms. The zero-order valence-corrected chi connectivity index (χ0v) is 11.7. The smallest absolute Gasteiger partial charge is 0.416 e. The fourth-order valence-electron chi connectivity index (χ4n) is 1.86. The second kappa shape index (κ2) is 6.83. The van der Waals surface area contributed by atoms with Crippen molar-refractivity contribution in [2.45, 2.75) is 12.7 Å². The molecule has 0 fully saturated rings. The summed E-state index contributed by atoms with van der Waals surface area (Å²) in [5.41, 5.74) is -1.58. The van der Waals surface area contributed by atoms with E-state index in [4.69, 9.17) is 9.68 Å². The Morgan fingerprint density at radius 1 is 1.26 bits per heavy atom. The second-order valence-corrected chi connectivity index (χ2v) is 4.52. The summed E-state index contributed by atoms with van der Waals surface area (Å²) in [6.45, 7) is 0.0335. The van der Waals surface area contributed by atoms with Gasteiger partial charge in [-0.15, -0.1) is 0 Å². The predicted molar refractivity (Wildman–Crippen MR) is 75.6 cm³/mol. The highest BCUT2D eigenvalue weighted by Gasteiger charge is 2.32. The van der Waals surface area contributed by atoms with Gasteiger partial charge in [-0.25, -0.2) is 0 Å². The van der Waals surface area contributed by atoms with Gasteiger partial charge < -0.3 is 9.73 Å². The molecule has 0 saturated carbocycles. The maximum absolute atomic E-state index is 12.9. The summed E-state index contributed by atoms with van der Waals surface area (Å²) >= 11 is 0. The fraction of sp³-hybridized carbons (Fsp3) is 0.125. The molecule has 0 unspecified atom stereocenters. The van der Waals surface area contributed by atoms with Crippen molar-refractivity contribution >= 4 is 12.0 Å². The first-order chi connectivity index (χ1) is 10.9. The van der Waals surface area contributed by atoms with Crippen molar-refractivity contribution in [2.24, 2.45) is 0 Å². The Bertz CT molecular complexity index is 756. The number of nitriles is 1. The number of amides is 1. The number of alkyl halides is 3. The lowest BCUT2D eigenvalue weighted by Crippen LogP contribution is -2.23. The fourth-order valence-corrected chi connectivity index (χ4v) is 1.86. The number of rotatable bonds is 4. The van der Waals surface area contributed by atoms with Crippen LogP contribution in [0, 0.1) is 11.3 Å². The largest absolute Gasteiger partial charge is 0.467 e. The Balaban J connectivity index is 2.22. The molecule has 1 heterocycles. The second-order valence-electron chi connectivity index (χ2n) is 4.52. The average Bonchev–Trinajstić information content (AvgIpc) is 3.03. The lowest BCUT2D eigenvalue weighted by molar-refractivity contribution is -0.137. The molecule has 0 spiro atoms. The molecule has 0 radical (unpaired) electrons. The molecule has 2 aromatic rings. The summed E-state index contributed by atoms with van der Waals surface area (Å²) in [7, 11) is 0. The van der Waals surface area contributed by atoms with Crippen molar-refractivity contribution in [3.63, 3.8) is 0 Å². The third kappa shape index (κ3) is 4.23. The molecular formula is C16H11F3N2O2. The zero-order chi connectivity index (χ0) is 16.9. The molecule has 7 heteroatoms. The molecule has 1 aromatic heterocycles. The molecule has 0 aliphatic carbocycles. The zero-order valence-electron chi connectivity index (χ0n) is 11.7. The minimum atomic E-state index is -4.57. The molecule has 4 nitrogen and oxygen atoms in total. The van der Waals surface area contributed by atoms with Crippen molar-refractivity contribution in [1.29, 1.82) is 5.26 Å². The van der Waals surface area contributed by atoms with Crippen molar-refractivity contribution in [2.75, 3.05) is 0 Å². The van der Waals surface area contributed by atoms with E-state index in [-0.39, 0.29) is 12.1 Å². The van der Waals surface area contributed by atoms with Gasteiger partial charge in [-0.05, 0) is 29.8 Å². The number of hydrogen-bond acceptors (Lipinski definition) is 3. The van der Waals surface area contributed by atoms with Crippen LogP contribution in [-0.2, 0) is 17.5 Å². The van der Waals surface area contributed by atoms with Crippen molar-refractivity contribution in [3.05, 3.63) is 65.1 Å². The highest BCUT2D eigenvalue weighted by Crippen LogP contribution is 2.32. The van der Waals surface area contributed by atoms with Crippen LogP contribution in [0.4, 0.5) is 13.2 Å². The Hall–Kier alpha value is -3.01. The Morgan fingerprint density at radius 2 is 2.00 bits per heavy atom. The topological polar surface area (TPSA) is 66.0 Å². The third-order valence-corrected chi connectivity index (χ3v) is 2.93. The van der Waals surface area contributed by atoms with Gasteiger partial charge in [0.2, 0.25) is 0 Å². The number of furan rings is 1. The highest BCUT2D eigenvalue weighted by atomic mass is 19.4. The van der Waals surface area contributed by atoms with E-state index >= 15 is 0 Å². The van der Waals surface area contributed by atoms with Gasteiger partial charge in [-0.2, -0.15) is 18.4 Å². The van der Waals surface area contributed by atoms with Crippen LogP contribution in [0.3, 0.4) is 0 Å². The molecule has 118 valence electrons. The summed E-state index contributed by atoms with van der Waals surface area (Å²) in [5, 5.41) is 11.4. The van der Waals surface area contributed by atoms with Crippen molar-refractivity contribution in [1.82, 2.24) is 5.32 Å². The van der Waals surface area contributed by atoms with E-state index in [0.717, 1.165) is 12.1 Å². The number of nitrogens with zero attached hydrogens (tertiary/aromatic N) is 1. The van der Waals surface area contributed by atoms with Crippen LogP contribution >= 0.6 is 0 Å². The standard InChI is InChI=1S/C16H11F3N2O2/c17-16(18,19)14-6-2-1-4-11(14)8-12(9-20)15(22)21-10-13-5-3-7-23-13/h1-8H,10H2,(H,21,22)/b12-8+. The lowest BCUT2D eigenvalue weighted by atomic mass is 10.0. The van der Waals surface area contributed by atoms with Gasteiger partial charge in [0.15, 0.2) is 0 Å². The van der Waals surface area contributed by atoms with Gasteiger partial charge in [-0.1, -0.05) is 18.2 Å². The average molecular weight is 320 g/mol. The summed E-state index contributed by atoms with van der Waals surface area (Å²) < 4.78 is 43.8. The monoisotopic (exact) mass is 320 g/mol. The van der Waals surface area contributed by atoms with Crippen molar-refractivity contribution < 1.29 is 22.4 Å². The van der Waals surface area contributed by atoms with E-state index in [1.165, 1.54) is 24.5 Å². The molecule has 0 aliphatic heterocycles. The van der Waals surface area contributed by atoms with Crippen LogP contribution < -0.4 is 5.32 Å². The van der Waals surface area contributed by atoms with Gasteiger partial charge in [0.1, 0.15) is 17.4 Å². The minimum Gasteiger partial charge on any atom is -0.467 e. The number of benzene rings is 1. The Kier molecular flexibility index (Phi) is 4.86. The normalized spacial score (nSPS) is 11.8. The first-order valence-electron chi connectivity index (χ1n) is 6.50. The molecule has 0 aliphatic rings. The van der Waals surface area contributed by atoms with Crippen LogP contribution in [0.25, 0.3) is 6.08 Å². The molecule has 0 atom stereocenters. The molecule has 2 rings (SSSR count). The number of nitrogens with one attached hydrogen (secondary N) is 1. The minimum absolute atomic E-state index is 0.0335. The summed E-state index contributed by atoms with van der Waals surface area (Å²) in [6, 6.07) is 9.58. The van der Waals surface area contributed by atoms with Gasteiger partial charge in [0.05, 0.1) is 18.4 Å². The van der Waals surface area contributed by atoms with Gasteiger partial charge >= 0.3 is 6.18 Å². The van der Waals surface area contributed by atoms with E-state index in [0.29, 0.717) is 5.76 Å². The summed E-state index contributed by atoms with van der Waals surface area (Å²) in [5.74, 6) is -0.313. The van der Waals surface area contributed by atoms with Gasteiger partial charge in [-0.3, -0.25) is 4.79 Å². The van der Waals surface area contributed by atoms with Gasteiger partial charge in [0, 0.05) is 0 Å². The maximum Gasteiger partial charge on any atom is 0.416 e. The van der Waals surface area contributed by atoms with E-state index in [9.17, 15) is 18.0 Å². The van der Waals surface area contributed by atoms with Crippen LogP contribution in [-0.4, -0.2) is 5.91 Å². The van der Waals surface area contributed by atoms with E-state index < -0.39 is 23.2 Å². The number of halogens is 3. The Morgan fingerprint density at radius 3 is 2.61 bits per heavy atom. The first kappa shape index (κ1) is 16.4. The third-order valence-electron chi connectivity index (χ3n) is 2.93. The van der Waals surface area contributed by atoms with Crippen LogP contribution in [0.1, 0.15) is 16.9 Å². The molecular weight excluding hydrogens is 309 g/mol. The maximum atomic E-state index is 12.9.